The molecule has 9 heteroatoms. The van der Waals surface area contributed by atoms with E-state index in [1.807, 2.05) is 43.3 Å². The number of tetrazole rings is 1. The van der Waals surface area contributed by atoms with Crippen LogP contribution in [0.25, 0.3) is 22.8 Å². The number of hydrogen-bond donors (Lipinski definition) is 0. The Hall–Kier alpha value is -3.26. The van der Waals surface area contributed by atoms with Crippen molar-refractivity contribution in [1.82, 2.24) is 30.3 Å². The molecular formula is C18H15ClN6O2. The van der Waals surface area contributed by atoms with Crippen molar-refractivity contribution in [3.63, 3.8) is 0 Å². The third kappa shape index (κ3) is 3.80. The van der Waals surface area contributed by atoms with E-state index in [1.54, 1.807) is 12.1 Å². The number of halogens is 1. The van der Waals surface area contributed by atoms with Crippen LogP contribution in [-0.4, -0.2) is 37.0 Å². The monoisotopic (exact) mass is 382 g/mol. The first-order chi connectivity index (χ1) is 13.2. The molecule has 0 saturated carbocycles. The number of aromatic nitrogens is 6. The Morgan fingerprint density at radius 2 is 1.89 bits per heavy atom. The van der Waals surface area contributed by atoms with Gasteiger partial charge in [0.2, 0.25) is 11.6 Å². The van der Waals surface area contributed by atoms with Gasteiger partial charge in [-0.25, -0.2) is 0 Å². The zero-order valence-corrected chi connectivity index (χ0v) is 15.2. The fourth-order valence-corrected chi connectivity index (χ4v) is 2.63. The first kappa shape index (κ1) is 17.2. The predicted molar refractivity (Wildman–Crippen MR) is 98.3 cm³/mol. The summed E-state index contributed by atoms with van der Waals surface area (Å²) < 4.78 is 10.9. The van der Waals surface area contributed by atoms with Gasteiger partial charge in [0.05, 0.1) is 12.2 Å². The van der Waals surface area contributed by atoms with Gasteiger partial charge in [-0.2, -0.15) is 9.78 Å². The smallest absolute Gasteiger partial charge is 0.250 e. The van der Waals surface area contributed by atoms with Crippen LogP contribution in [0.3, 0.4) is 0 Å². The van der Waals surface area contributed by atoms with Gasteiger partial charge >= 0.3 is 0 Å². The van der Waals surface area contributed by atoms with Crippen molar-refractivity contribution in [1.29, 1.82) is 0 Å². The first-order valence-electron chi connectivity index (χ1n) is 8.31. The maximum atomic E-state index is 5.90. The lowest BCUT2D eigenvalue weighted by Gasteiger charge is -2.05. The highest BCUT2D eigenvalue weighted by Crippen LogP contribution is 2.27. The van der Waals surface area contributed by atoms with Crippen molar-refractivity contribution in [2.45, 2.75) is 13.5 Å². The molecule has 27 heavy (non-hydrogen) atoms. The summed E-state index contributed by atoms with van der Waals surface area (Å²) in [6, 6.07) is 14.8. The predicted octanol–water partition coefficient (Wildman–Crippen LogP) is 3.49. The summed E-state index contributed by atoms with van der Waals surface area (Å²) in [5.74, 6) is 2.02. The zero-order chi connectivity index (χ0) is 18.6. The Bertz CT molecular complexity index is 1040. The Kier molecular flexibility index (Phi) is 4.80. The maximum Gasteiger partial charge on any atom is 0.250 e. The van der Waals surface area contributed by atoms with Crippen molar-refractivity contribution < 1.29 is 9.26 Å². The molecule has 0 aliphatic rings. The largest absolute Gasteiger partial charge is 0.493 e. The van der Waals surface area contributed by atoms with E-state index in [4.69, 9.17) is 20.9 Å². The zero-order valence-electron chi connectivity index (χ0n) is 14.4. The molecule has 8 nitrogen and oxygen atoms in total. The summed E-state index contributed by atoms with van der Waals surface area (Å²) >= 11 is 5.90. The first-order valence-corrected chi connectivity index (χ1v) is 8.69. The highest BCUT2D eigenvalue weighted by molar-refractivity contribution is 6.30. The summed E-state index contributed by atoms with van der Waals surface area (Å²) in [7, 11) is 0. The second-order valence-corrected chi connectivity index (χ2v) is 6.03. The van der Waals surface area contributed by atoms with Crippen molar-refractivity contribution in [3.8, 4) is 28.5 Å². The molecule has 136 valence electrons. The van der Waals surface area contributed by atoms with Gasteiger partial charge in [-0.15, -0.1) is 10.2 Å². The van der Waals surface area contributed by atoms with Crippen LogP contribution >= 0.6 is 11.6 Å². The molecule has 2 aromatic carbocycles. The van der Waals surface area contributed by atoms with Crippen molar-refractivity contribution in [3.05, 3.63) is 59.4 Å². The SMILES string of the molecule is CCOc1ccccc1-c1noc(Cn2nnc(-c3ccc(Cl)cc3)n2)n1. The van der Waals surface area contributed by atoms with Crippen LogP contribution in [0.1, 0.15) is 12.8 Å². The van der Waals surface area contributed by atoms with E-state index in [2.05, 4.69) is 25.6 Å². The molecule has 0 radical (unpaired) electrons. The molecule has 4 rings (SSSR count). The van der Waals surface area contributed by atoms with Crippen LogP contribution in [0.2, 0.25) is 5.02 Å². The molecule has 0 fully saturated rings. The van der Waals surface area contributed by atoms with E-state index in [9.17, 15) is 0 Å². The summed E-state index contributed by atoms with van der Waals surface area (Å²) in [4.78, 5) is 5.81. The molecule has 0 aliphatic heterocycles. The topological polar surface area (TPSA) is 91.8 Å². The average Bonchev–Trinajstić information content (AvgIpc) is 3.33. The lowest BCUT2D eigenvalue weighted by molar-refractivity contribution is 0.340. The van der Waals surface area contributed by atoms with Crippen LogP contribution < -0.4 is 4.74 Å². The number of rotatable bonds is 6. The Morgan fingerprint density at radius 3 is 2.70 bits per heavy atom. The third-order valence-corrected chi connectivity index (χ3v) is 3.98. The number of benzene rings is 2. The molecule has 2 aromatic heterocycles. The van der Waals surface area contributed by atoms with Gasteiger partial charge in [-0.05, 0) is 48.5 Å². The minimum atomic E-state index is 0.213. The lowest BCUT2D eigenvalue weighted by Crippen LogP contribution is -2.04. The van der Waals surface area contributed by atoms with E-state index in [0.29, 0.717) is 34.9 Å². The minimum Gasteiger partial charge on any atom is -0.493 e. The molecule has 0 unspecified atom stereocenters. The molecular weight excluding hydrogens is 368 g/mol. The van der Waals surface area contributed by atoms with Gasteiger partial charge < -0.3 is 9.26 Å². The summed E-state index contributed by atoms with van der Waals surface area (Å²) in [6.07, 6.45) is 0. The molecule has 0 amide bonds. The Morgan fingerprint density at radius 1 is 1.07 bits per heavy atom. The summed E-state index contributed by atoms with van der Waals surface area (Å²) in [5, 5.41) is 17.1. The molecule has 4 aromatic rings. The van der Waals surface area contributed by atoms with E-state index < -0.39 is 0 Å². The van der Waals surface area contributed by atoms with Gasteiger partial charge in [0.1, 0.15) is 12.3 Å². The van der Waals surface area contributed by atoms with Crippen LogP contribution in [0.15, 0.2) is 53.1 Å². The molecule has 0 bridgehead atoms. The normalized spacial score (nSPS) is 10.9. The maximum absolute atomic E-state index is 5.90. The highest BCUT2D eigenvalue weighted by Gasteiger charge is 2.15. The van der Waals surface area contributed by atoms with Gasteiger partial charge in [-0.1, -0.05) is 28.9 Å². The second kappa shape index (κ2) is 7.55. The Balaban J connectivity index is 1.53. The minimum absolute atomic E-state index is 0.213. The fraction of sp³-hybridized carbons (Fsp3) is 0.167. The van der Waals surface area contributed by atoms with Crippen LogP contribution in [0.4, 0.5) is 0 Å². The van der Waals surface area contributed by atoms with Gasteiger partial charge in [0.15, 0.2) is 0 Å². The van der Waals surface area contributed by atoms with Gasteiger partial charge in [0.25, 0.3) is 5.89 Å². The second-order valence-electron chi connectivity index (χ2n) is 5.59. The lowest BCUT2D eigenvalue weighted by atomic mass is 10.2. The van der Waals surface area contributed by atoms with E-state index in [1.165, 1.54) is 4.80 Å². The van der Waals surface area contributed by atoms with Gasteiger partial charge in [0, 0.05) is 10.6 Å². The number of nitrogens with zero attached hydrogens (tertiary/aromatic N) is 6. The van der Waals surface area contributed by atoms with E-state index in [-0.39, 0.29) is 6.54 Å². The number of para-hydroxylation sites is 1. The highest BCUT2D eigenvalue weighted by atomic mass is 35.5. The van der Waals surface area contributed by atoms with Crippen molar-refractivity contribution >= 4 is 11.6 Å². The number of ether oxygens (including phenoxy) is 1. The Labute approximate surface area is 159 Å². The van der Waals surface area contributed by atoms with Crippen LogP contribution in [-0.2, 0) is 6.54 Å². The summed E-state index contributed by atoms with van der Waals surface area (Å²) in [5.41, 5.74) is 1.59. The fourth-order valence-electron chi connectivity index (χ4n) is 2.51. The standard InChI is InChI=1S/C18H15ClN6O2/c1-2-26-15-6-4-3-5-14(15)18-20-16(27-23-18)11-25-22-17(21-24-25)12-7-9-13(19)10-8-12/h3-10H,2,11H2,1H3. The quantitative estimate of drug-likeness (QED) is 0.504. The van der Waals surface area contributed by atoms with E-state index in [0.717, 1.165) is 11.1 Å². The van der Waals surface area contributed by atoms with Crippen molar-refractivity contribution in [2.24, 2.45) is 0 Å². The molecule has 0 aliphatic carbocycles. The van der Waals surface area contributed by atoms with Crippen molar-refractivity contribution in [2.75, 3.05) is 6.61 Å². The van der Waals surface area contributed by atoms with E-state index >= 15 is 0 Å². The molecule has 2 heterocycles. The van der Waals surface area contributed by atoms with Crippen LogP contribution in [0, 0.1) is 0 Å². The summed E-state index contributed by atoms with van der Waals surface area (Å²) in [6.45, 7) is 2.69. The molecule has 0 atom stereocenters. The number of hydrogen-bond acceptors (Lipinski definition) is 7. The molecule has 0 saturated heterocycles. The van der Waals surface area contributed by atoms with Gasteiger partial charge in [-0.3, -0.25) is 0 Å². The third-order valence-electron chi connectivity index (χ3n) is 3.73. The van der Waals surface area contributed by atoms with Crippen LogP contribution in [0.5, 0.6) is 5.75 Å². The molecule has 0 spiro atoms. The molecule has 0 N–H and O–H groups in total. The average molecular weight is 383 g/mol.